The van der Waals surface area contributed by atoms with Gasteiger partial charge in [0, 0.05) is 12.3 Å². The Morgan fingerprint density at radius 3 is 2.50 bits per heavy atom. The van der Waals surface area contributed by atoms with E-state index < -0.39 is 21.7 Å². The third-order valence-corrected chi connectivity index (χ3v) is 4.55. The molecule has 0 aliphatic heterocycles. The van der Waals surface area contributed by atoms with Gasteiger partial charge in [-0.05, 0) is 37.5 Å². The number of nitrogens with one attached hydrogen (secondary N) is 2. The van der Waals surface area contributed by atoms with E-state index in [2.05, 4.69) is 24.5 Å². The van der Waals surface area contributed by atoms with E-state index in [1.807, 2.05) is 6.92 Å². The van der Waals surface area contributed by atoms with Crippen LogP contribution in [0.4, 0.5) is 14.9 Å². The molecule has 0 fully saturated rings. The second-order valence-corrected chi connectivity index (χ2v) is 7.68. The van der Waals surface area contributed by atoms with Crippen molar-refractivity contribution < 1.29 is 17.6 Å². The second kappa shape index (κ2) is 7.58. The number of sulfone groups is 1. The van der Waals surface area contributed by atoms with Gasteiger partial charge >= 0.3 is 6.03 Å². The maximum atomic E-state index is 13.7. The monoisotopic (exact) mass is 330 g/mol. The molecule has 0 spiro atoms. The molecular formula is C15H23FN2O3S. The Morgan fingerprint density at radius 1 is 1.32 bits per heavy atom. The molecule has 1 aromatic carbocycles. The van der Waals surface area contributed by atoms with Gasteiger partial charge in [-0.1, -0.05) is 20.3 Å². The number of hydrogen-bond acceptors (Lipinski definition) is 3. The summed E-state index contributed by atoms with van der Waals surface area (Å²) in [5.41, 5.74) is -0.156. The summed E-state index contributed by atoms with van der Waals surface area (Å²) in [5, 5.41) is 5.07. The van der Waals surface area contributed by atoms with E-state index in [4.69, 9.17) is 0 Å². The van der Waals surface area contributed by atoms with E-state index in [1.54, 1.807) is 0 Å². The highest BCUT2D eigenvalue weighted by Gasteiger charge is 2.15. The number of urea groups is 1. The average Bonchev–Trinajstić information content (AvgIpc) is 2.39. The van der Waals surface area contributed by atoms with Gasteiger partial charge in [-0.3, -0.25) is 0 Å². The first kappa shape index (κ1) is 18.4. The predicted octanol–water partition coefficient (Wildman–Crippen LogP) is 3.18. The Balaban J connectivity index is 2.76. The smallest absolute Gasteiger partial charge is 0.319 e. The molecule has 0 saturated carbocycles. The minimum atomic E-state index is -3.46. The van der Waals surface area contributed by atoms with Gasteiger partial charge < -0.3 is 10.6 Å². The van der Waals surface area contributed by atoms with Crippen LogP contribution in [0.15, 0.2) is 23.1 Å². The number of halogens is 1. The van der Waals surface area contributed by atoms with Crippen molar-refractivity contribution in [2.75, 3.05) is 11.6 Å². The van der Waals surface area contributed by atoms with Crippen molar-refractivity contribution >= 4 is 21.6 Å². The molecular weight excluding hydrogens is 307 g/mol. The van der Waals surface area contributed by atoms with E-state index in [-0.39, 0.29) is 16.6 Å². The number of anilines is 1. The summed E-state index contributed by atoms with van der Waals surface area (Å²) in [6.45, 7) is 6.03. The van der Waals surface area contributed by atoms with Gasteiger partial charge in [0.05, 0.1) is 10.6 Å². The molecule has 0 unspecified atom stereocenters. The maximum absolute atomic E-state index is 13.7. The molecule has 0 radical (unpaired) electrons. The van der Waals surface area contributed by atoms with Crippen LogP contribution in [0.2, 0.25) is 0 Å². The zero-order valence-corrected chi connectivity index (χ0v) is 14.1. The lowest BCUT2D eigenvalue weighted by Gasteiger charge is -2.18. The molecule has 1 aromatic rings. The molecule has 0 heterocycles. The Labute approximate surface area is 131 Å². The van der Waals surface area contributed by atoms with Gasteiger partial charge in [0.25, 0.3) is 0 Å². The fourth-order valence-electron chi connectivity index (χ4n) is 2.04. The highest BCUT2D eigenvalue weighted by atomic mass is 32.2. The number of amides is 2. The van der Waals surface area contributed by atoms with E-state index in [0.717, 1.165) is 31.2 Å². The lowest BCUT2D eigenvalue weighted by molar-refractivity contribution is 0.247. The number of benzene rings is 1. The first-order chi connectivity index (χ1) is 10.1. The standard InChI is InChI=1S/C15H23FN2O3S/c1-5-10(2)8-11(3)17-15(19)18-14-9-12(22(4,20)21)6-7-13(14)16/h6-7,9-11H,5,8H2,1-4H3,(H2,17,18,19)/t10-,11+/m0/s1. The van der Waals surface area contributed by atoms with Crippen LogP contribution in [0.5, 0.6) is 0 Å². The minimum Gasteiger partial charge on any atom is -0.335 e. The molecule has 22 heavy (non-hydrogen) atoms. The van der Waals surface area contributed by atoms with E-state index >= 15 is 0 Å². The summed E-state index contributed by atoms with van der Waals surface area (Å²) >= 11 is 0. The van der Waals surface area contributed by atoms with Crippen molar-refractivity contribution in [2.45, 2.75) is 44.6 Å². The maximum Gasteiger partial charge on any atom is 0.319 e. The Bertz CT molecular complexity index is 632. The van der Waals surface area contributed by atoms with Gasteiger partial charge in [-0.25, -0.2) is 17.6 Å². The van der Waals surface area contributed by atoms with E-state index in [9.17, 15) is 17.6 Å². The van der Waals surface area contributed by atoms with Gasteiger partial charge in [0.1, 0.15) is 5.82 Å². The van der Waals surface area contributed by atoms with Crippen LogP contribution in [0.1, 0.15) is 33.6 Å². The lowest BCUT2D eigenvalue weighted by atomic mass is 10.0. The molecule has 0 aromatic heterocycles. The minimum absolute atomic E-state index is 0.0446. The first-order valence-electron chi connectivity index (χ1n) is 7.20. The van der Waals surface area contributed by atoms with Crippen molar-refractivity contribution in [1.82, 2.24) is 5.32 Å². The molecule has 0 saturated heterocycles. The van der Waals surface area contributed by atoms with Crippen LogP contribution < -0.4 is 10.6 Å². The van der Waals surface area contributed by atoms with E-state index in [0.29, 0.717) is 5.92 Å². The van der Waals surface area contributed by atoms with Crippen LogP contribution in [0, 0.1) is 11.7 Å². The number of rotatable bonds is 6. The number of hydrogen-bond donors (Lipinski definition) is 2. The summed E-state index contributed by atoms with van der Waals surface area (Å²) in [6, 6.07) is 2.69. The third kappa shape index (κ3) is 5.63. The number of carbonyl (C=O) groups is 1. The van der Waals surface area contributed by atoms with Gasteiger partial charge in [0.2, 0.25) is 0 Å². The molecule has 124 valence electrons. The van der Waals surface area contributed by atoms with Crippen LogP contribution in [0.3, 0.4) is 0 Å². The topological polar surface area (TPSA) is 75.3 Å². The average molecular weight is 330 g/mol. The highest BCUT2D eigenvalue weighted by molar-refractivity contribution is 7.90. The van der Waals surface area contributed by atoms with Crippen molar-refractivity contribution in [3.8, 4) is 0 Å². The summed E-state index contributed by atoms with van der Waals surface area (Å²) in [4.78, 5) is 11.8. The fourth-order valence-corrected chi connectivity index (χ4v) is 2.69. The molecule has 2 atom stereocenters. The zero-order chi connectivity index (χ0) is 16.9. The molecule has 0 bridgehead atoms. The second-order valence-electron chi connectivity index (χ2n) is 5.66. The largest absolute Gasteiger partial charge is 0.335 e. The first-order valence-corrected chi connectivity index (χ1v) is 9.09. The molecule has 0 aliphatic rings. The Morgan fingerprint density at radius 2 is 1.95 bits per heavy atom. The quantitative estimate of drug-likeness (QED) is 0.787. The molecule has 1 rings (SSSR count). The summed E-state index contributed by atoms with van der Waals surface area (Å²) < 4.78 is 36.6. The molecule has 0 aliphatic carbocycles. The summed E-state index contributed by atoms with van der Waals surface area (Å²) in [7, 11) is -3.46. The zero-order valence-electron chi connectivity index (χ0n) is 13.3. The van der Waals surface area contributed by atoms with Gasteiger partial charge in [0.15, 0.2) is 9.84 Å². The van der Waals surface area contributed by atoms with Crippen LogP contribution in [-0.4, -0.2) is 26.7 Å². The number of carbonyl (C=O) groups excluding carboxylic acids is 1. The highest BCUT2D eigenvalue weighted by Crippen LogP contribution is 2.19. The lowest BCUT2D eigenvalue weighted by Crippen LogP contribution is -2.37. The van der Waals surface area contributed by atoms with Crippen molar-refractivity contribution in [3.63, 3.8) is 0 Å². The third-order valence-electron chi connectivity index (χ3n) is 3.44. The van der Waals surface area contributed by atoms with Gasteiger partial charge in [-0.15, -0.1) is 0 Å². The van der Waals surface area contributed by atoms with Crippen molar-refractivity contribution in [2.24, 2.45) is 5.92 Å². The fraction of sp³-hybridized carbons (Fsp3) is 0.533. The molecule has 5 nitrogen and oxygen atoms in total. The van der Waals surface area contributed by atoms with E-state index in [1.165, 1.54) is 6.07 Å². The van der Waals surface area contributed by atoms with Gasteiger partial charge in [-0.2, -0.15) is 0 Å². The predicted molar refractivity (Wildman–Crippen MR) is 85.2 cm³/mol. The molecule has 2 N–H and O–H groups in total. The Kier molecular flexibility index (Phi) is 6.34. The molecule has 7 heteroatoms. The van der Waals surface area contributed by atoms with Crippen LogP contribution in [-0.2, 0) is 9.84 Å². The van der Waals surface area contributed by atoms with Crippen molar-refractivity contribution in [3.05, 3.63) is 24.0 Å². The molecule has 2 amide bonds. The SMILES string of the molecule is CC[C@H](C)C[C@@H](C)NC(=O)Nc1cc(S(C)(=O)=O)ccc1F. The summed E-state index contributed by atoms with van der Waals surface area (Å²) in [6.07, 6.45) is 2.85. The Hall–Kier alpha value is -1.63. The van der Waals surface area contributed by atoms with Crippen LogP contribution in [0.25, 0.3) is 0 Å². The van der Waals surface area contributed by atoms with Crippen molar-refractivity contribution in [1.29, 1.82) is 0 Å². The normalized spacial score (nSPS) is 14.2. The summed E-state index contributed by atoms with van der Waals surface area (Å²) in [5.74, 6) is -0.210. The van der Waals surface area contributed by atoms with Crippen LogP contribution >= 0.6 is 0 Å².